The highest BCUT2D eigenvalue weighted by Gasteiger charge is 2.56. The van der Waals surface area contributed by atoms with Crippen molar-refractivity contribution in [1.82, 2.24) is 0 Å². The maximum atomic E-state index is 11.1. The fourth-order valence-electron chi connectivity index (χ4n) is 4.91. The van der Waals surface area contributed by atoms with Crippen LogP contribution in [0.5, 0.6) is 0 Å². The Balaban J connectivity index is 1.69. The van der Waals surface area contributed by atoms with Crippen LogP contribution in [0.15, 0.2) is 0 Å². The molecule has 116 valence electrons. The second-order valence-corrected chi connectivity index (χ2v) is 14.2. The molecular weight excluding hydrogens is 264 g/mol. The lowest BCUT2D eigenvalue weighted by Crippen LogP contribution is -2.59. The molecule has 4 aliphatic rings. The maximum absolute atomic E-state index is 11.1. The zero-order valence-corrected chi connectivity index (χ0v) is 14.9. The standard InChI is InChI=1S/C17H32O2Si/c1-16(2,3)20(4,5)19-11-15-14-7-12-6-13(8-14)10-17(15,18)9-12/h12-15,18H,6-11H2,1-5H3. The summed E-state index contributed by atoms with van der Waals surface area (Å²) in [5, 5.41) is 11.4. The van der Waals surface area contributed by atoms with Crippen molar-refractivity contribution in [2.75, 3.05) is 6.61 Å². The molecule has 3 heteroatoms. The molecule has 0 aromatic heterocycles. The van der Waals surface area contributed by atoms with Crippen LogP contribution in [0.2, 0.25) is 18.1 Å². The lowest BCUT2D eigenvalue weighted by molar-refractivity contribution is -0.180. The fraction of sp³-hybridized carbons (Fsp3) is 1.00. The number of hydrogen-bond acceptors (Lipinski definition) is 2. The van der Waals surface area contributed by atoms with E-state index in [0.717, 1.165) is 37.2 Å². The molecule has 2 nitrogen and oxygen atoms in total. The third-order valence-corrected chi connectivity index (χ3v) is 11.4. The molecule has 20 heavy (non-hydrogen) atoms. The van der Waals surface area contributed by atoms with Gasteiger partial charge in [0.25, 0.3) is 0 Å². The Morgan fingerprint density at radius 2 is 1.65 bits per heavy atom. The molecule has 4 aliphatic carbocycles. The molecule has 3 unspecified atom stereocenters. The average Bonchev–Trinajstić information content (AvgIpc) is 2.23. The summed E-state index contributed by atoms with van der Waals surface area (Å²) in [5.74, 6) is 2.75. The lowest BCUT2D eigenvalue weighted by atomic mass is 9.50. The van der Waals surface area contributed by atoms with Crippen molar-refractivity contribution in [2.24, 2.45) is 23.7 Å². The molecule has 0 aromatic rings. The van der Waals surface area contributed by atoms with Gasteiger partial charge < -0.3 is 9.53 Å². The molecule has 0 spiro atoms. The van der Waals surface area contributed by atoms with Crippen molar-refractivity contribution in [3.63, 3.8) is 0 Å². The smallest absolute Gasteiger partial charge is 0.191 e. The van der Waals surface area contributed by atoms with Crippen molar-refractivity contribution in [3.8, 4) is 0 Å². The number of aliphatic hydroxyl groups is 1. The first kappa shape index (κ1) is 15.0. The predicted molar refractivity (Wildman–Crippen MR) is 85.1 cm³/mol. The van der Waals surface area contributed by atoms with Gasteiger partial charge in [0.1, 0.15) is 0 Å². The zero-order chi connectivity index (χ0) is 14.8. The Labute approximate surface area is 125 Å². The summed E-state index contributed by atoms with van der Waals surface area (Å²) in [6.07, 6.45) is 6.18. The summed E-state index contributed by atoms with van der Waals surface area (Å²) in [6, 6.07) is 0. The van der Waals surface area contributed by atoms with Crippen molar-refractivity contribution in [3.05, 3.63) is 0 Å². The Morgan fingerprint density at radius 3 is 2.10 bits per heavy atom. The Hall–Kier alpha value is 0.137. The van der Waals surface area contributed by atoms with Crippen LogP contribution in [0, 0.1) is 23.7 Å². The van der Waals surface area contributed by atoms with Crippen LogP contribution >= 0.6 is 0 Å². The zero-order valence-electron chi connectivity index (χ0n) is 13.9. The minimum atomic E-state index is -1.69. The Kier molecular flexibility index (Phi) is 3.43. The third-order valence-electron chi connectivity index (χ3n) is 6.91. The highest BCUT2D eigenvalue weighted by Crippen LogP contribution is 2.58. The minimum Gasteiger partial charge on any atom is -0.416 e. The van der Waals surface area contributed by atoms with E-state index in [4.69, 9.17) is 4.43 Å². The van der Waals surface area contributed by atoms with Crippen LogP contribution in [0.25, 0.3) is 0 Å². The van der Waals surface area contributed by atoms with Crippen molar-refractivity contribution < 1.29 is 9.53 Å². The number of rotatable bonds is 3. The molecule has 0 amide bonds. The summed E-state index contributed by atoms with van der Waals surface area (Å²) in [6.45, 7) is 12.3. The van der Waals surface area contributed by atoms with E-state index >= 15 is 0 Å². The van der Waals surface area contributed by atoms with E-state index in [1.54, 1.807) is 0 Å². The molecular formula is C17H32O2Si. The van der Waals surface area contributed by atoms with E-state index in [2.05, 4.69) is 33.9 Å². The van der Waals surface area contributed by atoms with Gasteiger partial charge in [-0.2, -0.15) is 0 Å². The summed E-state index contributed by atoms with van der Waals surface area (Å²) >= 11 is 0. The van der Waals surface area contributed by atoms with E-state index in [1.807, 2.05) is 0 Å². The summed E-state index contributed by atoms with van der Waals surface area (Å²) < 4.78 is 6.46. The van der Waals surface area contributed by atoms with Gasteiger partial charge in [-0.15, -0.1) is 0 Å². The molecule has 0 saturated heterocycles. The van der Waals surface area contributed by atoms with Gasteiger partial charge in [0, 0.05) is 12.5 Å². The Morgan fingerprint density at radius 1 is 1.10 bits per heavy atom. The van der Waals surface area contributed by atoms with Crippen LogP contribution in [0.1, 0.15) is 52.9 Å². The second kappa shape index (κ2) is 4.56. The van der Waals surface area contributed by atoms with E-state index in [1.165, 1.54) is 19.3 Å². The molecule has 4 rings (SSSR count). The fourth-order valence-corrected chi connectivity index (χ4v) is 5.94. The maximum Gasteiger partial charge on any atom is 0.191 e. The molecule has 0 aromatic carbocycles. The van der Waals surface area contributed by atoms with E-state index in [9.17, 15) is 5.11 Å². The van der Waals surface area contributed by atoms with Gasteiger partial charge in [0.2, 0.25) is 0 Å². The van der Waals surface area contributed by atoms with Crippen LogP contribution in [-0.4, -0.2) is 25.6 Å². The highest BCUT2D eigenvalue weighted by molar-refractivity contribution is 6.74. The van der Waals surface area contributed by atoms with Crippen molar-refractivity contribution >= 4 is 8.32 Å². The van der Waals surface area contributed by atoms with Gasteiger partial charge in [0.15, 0.2) is 8.32 Å². The summed E-state index contributed by atoms with van der Waals surface area (Å²) in [5.41, 5.74) is -0.392. The summed E-state index contributed by atoms with van der Waals surface area (Å²) in [7, 11) is -1.69. The first-order chi connectivity index (χ1) is 9.11. The lowest BCUT2D eigenvalue weighted by Gasteiger charge is -2.59. The van der Waals surface area contributed by atoms with Crippen molar-refractivity contribution in [1.29, 1.82) is 0 Å². The van der Waals surface area contributed by atoms with Gasteiger partial charge >= 0.3 is 0 Å². The van der Waals surface area contributed by atoms with E-state index in [-0.39, 0.29) is 5.04 Å². The van der Waals surface area contributed by atoms with Gasteiger partial charge in [-0.1, -0.05) is 20.8 Å². The molecule has 1 N–H and O–H groups in total. The average molecular weight is 297 g/mol. The van der Waals surface area contributed by atoms with Gasteiger partial charge in [0.05, 0.1) is 5.60 Å². The molecule has 3 atom stereocenters. The van der Waals surface area contributed by atoms with E-state index in [0.29, 0.717) is 5.92 Å². The monoisotopic (exact) mass is 296 g/mol. The molecule has 0 heterocycles. The third kappa shape index (κ3) is 2.40. The van der Waals surface area contributed by atoms with Crippen LogP contribution in [0.4, 0.5) is 0 Å². The minimum absolute atomic E-state index is 0.265. The Bertz CT molecular complexity index is 371. The molecule has 4 bridgehead atoms. The first-order valence-corrected chi connectivity index (χ1v) is 11.4. The first-order valence-electron chi connectivity index (χ1n) is 8.47. The molecule has 0 radical (unpaired) electrons. The predicted octanol–water partition coefficient (Wildman–Crippen LogP) is 4.20. The quantitative estimate of drug-likeness (QED) is 0.791. The van der Waals surface area contributed by atoms with Gasteiger partial charge in [-0.05, 0) is 68.0 Å². The van der Waals surface area contributed by atoms with Crippen molar-refractivity contribution in [2.45, 2.75) is 76.6 Å². The highest BCUT2D eigenvalue weighted by atomic mass is 28.4. The topological polar surface area (TPSA) is 29.5 Å². The summed E-state index contributed by atoms with van der Waals surface area (Å²) in [4.78, 5) is 0. The van der Waals surface area contributed by atoms with Crippen LogP contribution < -0.4 is 0 Å². The van der Waals surface area contributed by atoms with Crippen LogP contribution in [0.3, 0.4) is 0 Å². The second-order valence-electron chi connectivity index (χ2n) is 9.39. The van der Waals surface area contributed by atoms with Gasteiger partial charge in [-0.3, -0.25) is 0 Å². The molecule has 4 fully saturated rings. The normalized spacial score (nSPS) is 44.1. The molecule has 0 aliphatic heterocycles. The van der Waals surface area contributed by atoms with Crippen LogP contribution in [-0.2, 0) is 4.43 Å². The SMILES string of the molecule is CC(C)(C)[Si](C)(C)OCC1C2CC3CC(C2)CC1(O)C3. The number of hydrogen-bond donors (Lipinski definition) is 1. The van der Waals surface area contributed by atoms with E-state index < -0.39 is 13.9 Å². The molecule has 4 saturated carbocycles. The van der Waals surface area contributed by atoms with Gasteiger partial charge in [-0.25, -0.2) is 0 Å². The largest absolute Gasteiger partial charge is 0.416 e.